The Balaban J connectivity index is 1.50. The van der Waals surface area contributed by atoms with Crippen LogP contribution in [0, 0.1) is 5.92 Å². The molecule has 0 amide bonds. The molecular formula is C16H24N2. The van der Waals surface area contributed by atoms with Gasteiger partial charge in [-0.15, -0.1) is 0 Å². The largest absolute Gasteiger partial charge is 0.310 e. The molecule has 2 heteroatoms. The minimum Gasteiger partial charge on any atom is -0.310 e. The van der Waals surface area contributed by atoms with Crippen LogP contribution in [0.2, 0.25) is 0 Å². The van der Waals surface area contributed by atoms with Crippen LogP contribution >= 0.6 is 0 Å². The first-order valence-electron chi connectivity index (χ1n) is 7.33. The summed E-state index contributed by atoms with van der Waals surface area (Å²) in [5.74, 6) is 0.881. The van der Waals surface area contributed by atoms with Crippen LogP contribution in [-0.2, 0) is 13.1 Å². The van der Waals surface area contributed by atoms with Crippen molar-refractivity contribution in [3.63, 3.8) is 0 Å². The van der Waals surface area contributed by atoms with Crippen molar-refractivity contribution in [2.45, 2.75) is 45.3 Å². The highest BCUT2D eigenvalue weighted by atomic mass is 15.1. The van der Waals surface area contributed by atoms with Gasteiger partial charge in [-0.25, -0.2) is 0 Å². The Kier molecular flexibility index (Phi) is 3.67. The molecule has 1 aliphatic heterocycles. The number of nitrogens with one attached hydrogen (secondary N) is 1. The van der Waals surface area contributed by atoms with Crippen LogP contribution in [0.5, 0.6) is 0 Å². The summed E-state index contributed by atoms with van der Waals surface area (Å²) in [6, 6.07) is 9.96. The molecule has 2 aliphatic rings. The molecule has 1 N–H and O–H groups in total. The predicted molar refractivity (Wildman–Crippen MR) is 75.4 cm³/mol. The van der Waals surface area contributed by atoms with Crippen LogP contribution < -0.4 is 5.32 Å². The molecule has 1 atom stereocenters. The second-order valence-corrected chi connectivity index (χ2v) is 6.10. The van der Waals surface area contributed by atoms with Crippen molar-refractivity contribution in [3.8, 4) is 0 Å². The summed E-state index contributed by atoms with van der Waals surface area (Å²) in [6.45, 7) is 7.05. The van der Waals surface area contributed by atoms with Gasteiger partial charge in [-0.05, 0) is 42.9 Å². The van der Waals surface area contributed by atoms with Crippen LogP contribution in [0.25, 0.3) is 0 Å². The van der Waals surface area contributed by atoms with Crippen LogP contribution in [-0.4, -0.2) is 24.0 Å². The molecule has 1 saturated carbocycles. The van der Waals surface area contributed by atoms with Crippen LogP contribution in [0.15, 0.2) is 24.3 Å². The minimum absolute atomic E-state index is 0.802. The van der Waals surface area contributed by atoms with Gasteiger partial charge >= 0.3 is 0 Å². The molecule has 18 heavy (non-hydrogen) atoms. The summed E-state index contributed by atoms with van der Waals surface area (Å²) in [4.78, 5) is 2.57. The number of benzene rings is 1. The molecule has 0 radical (unpaired) electrons. The lowest BCUT2D eigenvalue weighted by Crippen LogP contribution is -2.19. The number of hydrogen-bond acceptors (Lipinski definition) is 2. The van der Waals surface area contributed by atoms with Crippen molar-refractivity contribution in [2.75, 3.05) is 13.1 Å². The van der Waals surface area contributed by atoms with Crippen molar-refractivity contribution >= 4 is 0 Å². The Morgan fingerprint density at radius 1 is 1.11 bits per heavy atom. The van der Waals surface area contributed by atoms with Crippen molar-refractivity contribution in [1.29, 1.82) is 0 Å². The van der Waals surface area contributed by atoms with E-state index in [-0.39, 0.29) is 0 Å². The lowest BCUT2D eigenvalue weighted by atomic mass is 10.1. The Hall–Kier alpha value is -0.860. The summed E-state index contributed by atoms with van der Waals surface area (Å²) in [7, 11) is 0. The van der Waals surface area contributed by atoms with Crippen LogP contribution in [0.1, 0.15) is 37.3 Å². The van der Waals surface area contributed by atoms with Crippen LogP contribution in [0.4, 0.5) is 0 Å². The molecule has 1 aromatic rings. The molecule has 0 aromatic heterocycles. The van der Waals surface area contributed by atoms with E-state index in [0.717, 1.165) is 25.0 Å². The highest BCUT2D eigenvalue weighted by Crippen LogP contribution is 2.20. The van der Waals surface area contributed by atoms with Crippen LogP contribution in [0.3, 0.4) is 0 Å². The first-order valence-corrected chi connectivity index (χ1v) is 7.33. The van der Waals surface area contributed by atoms with E-state index < -0.39 is 0 Å². The Bertz CT molecular complexity index is 381. The van der Waals surface area contributed by atoms with Crippen molar-refractivity contribution in [2.24, 2.45) is 5.92 Å². The van der Waals surface area contributed by atoms with E-state index in [0.29, 0.717) is 0 Å². The fraction of sp³-hybridized carbons (Fsp3) is 0.625. The van der Waals surface area contributed by atoms with E-state index >= 15 is 0 Å². The molecule has 98 valence electrons. The molecule has 2 nitrogen and oxygen atoms in total. The lowest BCUT2D eigenvalue weighted by Gasteiger charge is -2.15. The van der Waals surface area contributed by atoms with E-state index in [9.17, 15) is 0 Å². The van der Waals surface area contributed by atoms with Gasteiger partial charge in [0.25, 0.3) is 0 Å². The van der Waals surface area contributed by atoms with E-state index in [1.165, 1.54) is 43.5 Å². The van der Waals surface area contributed by atoms with E-state index in [2.05, 4.69) is 41.4 Å². The molecule has 1 aliphatic carbocycles. The maximum absolute atomic E-state index is 3.56. The molecule has 1 heterocycles. The minimum atomic E-state index is 0.802. The summed E-state index contributed by atoms with van der Waals surface area (Å²) in [6.07, 6.45) is 4.10. The monoisotopic (exact) mass is 244 g/mol. The highest BCUT2D eigenvalue weighted by Gasteiger charge is 2.20. The topological polar surface area (TPSA) is 15.3 Å². The third-order valence-corrected chi connectivity index (χ3v) is 4.11. The van der Waals surface area contributed by atoms with Gasteiger partial charge in [0.1, 0.15) is 0 Å². The van der Waals surface area contributed by atoms with Gasteiger partial charge in [0.05, 0.1) is 0 Å². The van der Waals surface area contributed by atoms with Gasteiger partial charge in [-0.2, -0.15) is 0 Å². The summed E-state index contributed by atoms with van der Waals surface area (Å²) in [5.41, 5.74) is 2.87. The number of nitrogens with zero attached hydrogens (tertiary/aromatic N) is 1. The Labute approximate surface area is 110 Å². The number of rotatable bonds is 5. The first-order chi connectivity index (χ1) is 8.79. The summed E-state index contributed by atoms with van der Waals surface area (Å²) in [5, 5.41) is 3.56. The van der Waals surface area contributed by atoms with Gasteiger partial charge in [0.15, 0.2) is 0 Å². The molecule has 2 fully saturated rings. The fourth-order valence-corrected chi connectivity index (χ4v) is 2.74. The average Bonchev–Trinajstić information content (AvgIpc) is 3.12. The molecule has 1 unspecified atom stereocenters. The predicted octanol–water partition coefficient (Wildman–Crippen LogP) is 2.78. The zero-order valence-corrected chi connectivity index (χ0v) is 11.4. The molecular weight excluding hydrogens is 220 g/mol. The molecule has 1 saturated heterocycles. The molecule has 3 rings (SSSR count). The van der Waals surface area contributed by atoms with Crippen molar-refractivity contribution in [1.82, 2.24) is 10.2 Å². The molecule has 1 aromatic carbocycles. The quantitative estimate of drug-likeness (QED) is 0.857. The number of hydrogen-bond donors (Lipinski definition) is 1. The lowest BCUT2D eigenvalue weighted by molar-refractivity contribution is 0.320. The zero-order valence-electron chi connectivity index (χ0n) is 11.4. The highest BCUT2D eigenvalue weighted by molar-refractivity contribution is 5.22. The second-order valence-electron chi connectivity index (χ2n) is 6.10. The first kappa shape index (κ1) is 12.2. The summed E-state index contributed by atoms with van der Waals surface area (Å²) >= 11 is 0. The molecule has 0 bridgehead atoms. The maximum Gasteiger partial charge on any atom is 0.0233 e. The Morgan fingerprint density at radius 2 is 1.83 bits per heavy atom. The van der Waals surface area contributed by atoms with Crippen molar-refractivity contribution < 1.29 is 0 Å². The second kappa shape index (κ2) is 5.41. The van der Waals surface area contributed by atoms with Gasteiger partial charge in [-0.3, -0.25) is 4.90 Å². The van der Waals surface area contributed by atoms with E-state index in [4.69, 9.17) is 0 Å². The SMILES string of the molecule is CC1CCN(Cc2ccc(CNC3CC3)cc2)C1. The van der Waals surface area contributed by atoms with Gasteiger partial charge < -0.3 is 5.32 Å². The number of likely N-dealkylation sites (tertiary alicyclic amines) is 1. The normalized spacial score (nSPS) is 24.6. The standard InChI is InChI=1S/C16H24N2/c1-13-8-9-18(11-13)12-15-4-2-14(3-5-15)10-17-16-6-7-16/h2-5,13,16-17H,6-12H2,1H3. The smallest absolute Gasteiger partial charge is 0.0233 e. The average molecular weight is 244 g/mol. The molecule has 0 spiro atoms. The van der Waals surface area contributed by atoms with Gasteiger partial charge in [0.2, 0.25) is 0 Å². The van der Waals surface area contributed by atoms with Crippen molar-refractivity contribution in [3.05, 3.63) is 35.4 Å². The third-order valence-electron chi connectivity index (χ3n) is 4.11. The maximum atomic E-state index is 3.56. The van der Waals surface area contributed by atoms with Gasteiger partial charge in [-0.1, -0.05) is 31.2 Å². The van der Waals surface area contributed by atoms with E-state index in [1.807, 2.05) is 0 Å². The zero-order chi connectivity index (χ0) is 12.4. The van der Waals surface area contributed by atoms with E-state index in [1.54, 1.807) is 0 Å². The summed E-state index contributed by atoms with van der Waals surface area (Å²) < 4.78 is 0. The van der Waals surface area contributed by atoms with Gasteiger partial charge in [0, 0.05) is 25.7 Å². The fourth-order valence-electron chi connectivity index (χ4n) is 2.74. The third kappa shape index (κ3) is 3.33. The Morgan fingerprint density at radius 3 is 2.44 bits per heavy atom.